The topological polar surface area (TPSA) is 58.0 Å². The number of fused-ring (bicyclic) bond motifs is 1. The summed E-state index contributed by atoms with van der Waals surface area (Å²) in [6.07, 6.45) is 25.3. The molecule has 3 aliphatic rings. The Bertz CT molecular complexity index is 647. The van der Waals surface area contributed by atoms with Gasteiger partial charge in [0, 0.05) is 18.8 Å². The Morgan fingerprint density at radius 1 is 0.833 bits per heavy atom. The Labute approximate surface area is 183 Å². The highest BCUT2D eigenvalue weighted by atomic mass is 16.1. The van der Waals surface area contributed by atoms with E-state index >= 15 is 0 Å². The summed E-state index contributed by atoms with van der Waals surface area (Å²) in [6, 6.07) is 0. The van der Waals surface area contributed by atoms with Gasteiger partial charge in [-0.05, 0) is 69.1 Å². The highest BCUT2D eigenvalue weighted by Crippen LogP contribution is 2.43. The first-order chi connectivity index (χ1) is 14.6. The molecule has 2 saturated carbocycles. The molecule has 166 valence electrons. The van der Waals surface area contributed by atoms with Crippen LogP contribution in [0.4, 0.5) is 0 Å². The van der Waals surface area contributed by atoms with Gasteiger partial charge in [0.05, 0.1) is 5.71 Å². The van der Waals surface area contributed by atoms with Crippen molar-refractivity contribution in [3.63, 3.8) is 0 Å². The summed E-state index contributed by atoms with van der Waals surface area (Å²) in [7, 11) is 0. The average molecular weight is 412 g/mol. The smallest absolute Gasteiger partial charge is 0.179 e. The summed E-state index contributed by atoms with van der Waals surface area (Å²) in [5.74, 6) is 2.72. The number of allylic oxidation sites excluding steroid dienone is 4. The highest BCUT2D eigenvalue weighted by Gasteiger charge is 2.35. The summed E-state index contributed by atoms with van der Waals surface area (Å²) in [5.41, 5.74) is 0.275. The second-order valence-corrected chi connectivity index (χ2v) is 9.96. The zero-order valence-electron chi connectivity index (χ0n) is 18.7. The first-order valence-corrected chi connectivity index (χ1v) is 12.6. The van der Waals surface area contributed by atoms with Gasteiger partial charge >= 0.3 is 0 Å². The molecule has 30 heavy (non-hydrogen) atoms. The highest BCUT2D eigenvalue weighted by molar-refractivity contribution is 6.39. The van der Waals surface area contributed by atoms with Gasteiger partial charge in [0.1, 0.15) is 5.78 Å². The van der Waals surface area contributed by atoms with Crippen LogP contribution in [-0.4, -0.2) is 17.3 Å². The Balaban J connectivity index is 1.23. The number of carbonyl (C=O) groups is 2. The van der Waals surface area contributed by atoms with Crippen LogP contribution in [0.1, 0.15) is 103 Å². The van der Waals surface area contributed by atoms with E-state index in [1.165, 1.54) is 44.9 Å². The zero-order chi connectivity index (χ0) is 21.2. The number of carbonyl (C=O) groups excluding carboxylic acids is 2. The third-order valence-electron chi connectivity index (χ3n) is 7.69. The molecular formula is C27H41NO2. The Kier molecular flexibility index (Phi) is 9.55. The van der Waals surface area contributed by atoms with Crippen LogP contribution in [0.2, 0.25) is 0 Å². The van der Waals surface area contributed by atoms with Crippen molar-refractivity contribution < 1.29 is 9.59 Å². The van der Waals surface area contributed by atoms with Crippen molar-refractivity contribution in [3.8, 4) is 0 Å². The van der Waals surface area contributed by atoms with Crippen LogP contribution < -0.4 is 0 Å². The number of unbranched alkanes of at least 4 members (excludes halogenated alkanes) is 2. The minimum Gasteiger partial charge on any atom is -0.302 e. The van der Waals surface area contributed by atoms with Crippen molar-refractivity contribution in [2.45, 2.75) is 103 Å². The van der Waals surface area contributed by atoms with Gasteiger partial charge in [-0.2, -0.15) is 0 Å². The maximum absolute atomic E-state index is 12.7. The molecule has 4 atom stereocenters. The van der Waals surface area contributed by atoms with Crippen molar-refractivity contribution in [2.24, 2.45) is 23.7 Å². The van der Waals surface area contributed by atoms with Gasteiger partial charge < -0.3 is 5.41 Å². The second-order valence-electron chi connectivity index (χ2n) is 9.96. The summed E-state index contributed by atoms with van der Waals surface area (Å²) in [6.45, 7) is 0. The standard InChI is InChI=1S/C27H41NO2/c28-26(27(30)24-19-18-22-13-7-8-14-23(22)20-24)17-9-16-25(29)15-6-2-5-12-21-10-3-1-4-11-21/h1,3-4,10,21-24,28H,2,5-9,11-20H2. The molecule has 0 aromatic rings. The van der Waals surface area contributed by atoms with Gasteiger partial charge in [0.15, 0.2) is 5.78 Å². The molecule has 4 unspecified atom stereocenters. The predicted octanol–water partition coefficient (Wildman–Crippen LogP) is 7.00. The minimum absolute atomic E-state index is 0.0816. The van der Waals surface area contributed by atoms with Gasteiger partial charge in [0.2, 0.25) is 0 Å². The first-order valence-electron chi connectivity index (χ1n) is 12.6. The number of ketones is 2. The summed E-state index contributed by atoms with van der Waals surface area (Å²) >= 11 is 0. The van der Waals surface area contributed by atoms with Crippen LogP contribution in [0, 0.1) is 29.1 Å². The largest absolute Gasteiger partial charge is 0.302 e. The molecule has 0 spiro atoms. The molecule has 0 aliphatic heterocycles. The lowest BCUT2D eigenvalue weighted by Gasteiger charge is -2.38. The Hall–Kier alpha value is -1.51. The molecule has 0 radical (unpaired) electrons. The van der Waals surface area contributed by atoms with E-state index in [2.05, 4.69) is 24.3 Å². The first kappa shape index (κ1) is 23.2. The molecule has 0 bridgehead atoms. The monoisotopic (exact) mass is 411 g/mol. The van der Waals surface area contributed by atoms with Crippen LogP contribution in [0.25, 0.3) is 0 Å². The van der Waals surface area contributed by atoms with Crippen molar-refractivity contribution in [3.05, 3.63) is 24.3 Å². The molecule has 0 saturated heterocycles. The summed E-state index contributed by atoms with van der Waals surface area (Å²) in [5, 5.41) is 8.23. The predicted molar refractivity (Wildman–Crippen MR) is 124 cm³/mol. The maximum Gasteiger partial charge on any atom is 0.179 e. The molecule has 1 N–H and O–H groups in total. The van der Waals surface area contributed by atoms with Crippen molar-refractivity contribution in [1.29, 1.82) is 5.41 Å². The molecule has 2 fully saturated rings. The van der Waals surface area contributed by atoms with E-state index < -0.39 is 0 Å². The van der Waals surface area contributed by atoms with Crippen LogP contribution in [0.3, 0.4) is 0 Å². The number of hydrogen-bond donors (Lipinski definition) is 1. The van der Waals surface area contributed by atoms with E-state index in [1.54, 1.807) is 0 Å². The van der Waals surface area contributed by atoms with Gasteiger partial charge in [-0.25, -0.2) is 0 Å². The SMILES string of the molecule is N=C(CCCC(=O)CCCCCC1C=CC=CC1)C(=O)C1CCC2CCCCC2C1. The molecule has 3 aliphatic carbocycles. The Morgan fingerprint density at radius 2 is 1.63 bits per heavy atom. The van der Waals surface area contributed by atoms with E-state index in [4.69, 9.17) is 5.41 Å². The lowest BCUT2D eigenvalue weighted by molar-refractivity contribution is -0.120. The third-order valence-corrected chi connectivity index (χ3v) is 7.69. The second kappa shape index (κ2) is 12.4. The lowest BCUT2D eigenvalue weighted by Crippen LogP contribution is -2.34. The molecule has 0 aromatic carbocycles. The van der Waals surface area contributed by atoms with Gasteiger partial charge in [-0.1, -0.05) is 62.8 Å². The summed E-state index contributed by atoms with van der Waals surface area (Å²) in [4.78, 5) is 24.8. The van der Waals surface area contributed by atoms with E-state index in [0.29, 0.717) is 37.4 Å². The zero-order valence-corrected chi connectivity index (χ0v) is 18.7. The van der Waals surface area contributed by atoms with Crippen molar-refractivity contribution in [2.75, 3.05) is 0 Å². The van der Waals surface area contributed by atoms with Crippen LogP contribution in [-0.2, 0) is 9.59 Å². The number of Topliss-reactive ketones (excluding diaryl/α,β-unsaturated/α-hetero) is 2. The molecule has 3 nitrogen and oxygen atoms in total. The molecular weight excluding hydrogens is 370 g/mol. The molecule has 0 amide bonds. The summed E-state index contributed by atoms with van der Waals surface area (Å²) < 4.78 is 0. The van der Waals surface area contributed by atoms with Gasteiger partial charge in [-0.3, -0.25) is 9.59 Å². The van der Waals surface area contributed by atoms with Crippen LogP contribution in [0.5, 0.6) is 0 Å². The maximum atomic E-state index is 12.7. The van der Waals surface area contributed by atoms with Crippen molar-refractivity contribution >= 4 is 17.3 Å². The quantitative estimate of drug-likeness (QED) is 0.277. The number of hydrogen-bond acceptors (Lipinski definition) is 3. The van der Waals surface area contributed by atoms with Crippen molar-refractivity contribution in [1.82, 2.24) is 0 Å². The molecule has 0 aromatic heterocycles. The third kappa shape index (κ3) is 7.32. The van der Waals surface area contributed by atoms with Gasteiger partial charge in [0.25, 0.3) is 0 Å². The van der Waals surface area contributed by atoms with Crippen LogP contribution in [0.15, 0.2) is 24.3 Å². The van der Waals surface area contributed by atoms with E-state index in [1.807, 2.05) is 0 Å². The fourth-order valence-corrected chi connectivity index (χ4v) is 5.82. The Morgan fingerprint density at radius 3 is 2.43 bits per heavy atom. The van der Waals surface area contributed by atoms with E-state index in [9.17, 15) is 9.59 Å². The number of rotatable bonds is 12. The lowest BCUT2D eigenvalue weighted by atomic mass is 9.66. The minimum atomic E-state index is 0.0816. The normalized spacial score (nSPS) is 28.1. The van der Waals surface area contributed by atoms with E-state index in [0.717, 1.165) is 43.9 Å². The molecule has 0 heterocycles. The average Bonchev–Trinajstić information content (AvgIpc) is 2.78. The fraction of sp³-hybridized carbons (Fsp3) is 0.741. The van der Waals surface area contributed by atoms with Gasteiger partial charge in [-0.15, -0.1) is 0 Å². The fourth-order valence-electron chi connectivity index (χ4n) is 5.82. The molecule has 3 heteroatoms. The van der Waals surface area contributed by atoms with E-state index in [-0.39, 0.29) is 17.4 Å². The number of nitrogens with one attached hydrogen (secondary N) is 1. The van der Waals surface area contributed by atoms with Crippen LogP contribution >= 0.6 is 0 Å². The molecule has 3 rings (SSSR count).